The van der Waals surface area contributed by atoms with E-state index in [1.54, 1.807) is 14.2 Å². The van der Waals surface area contributed by atoms with Crippen molar-refractivity contribution >= 4 is 30.5 Å². The maximum atomic E-state index is 5.46. The van der Waals surface area contributed by atoms with Crippen LogP contribution in [-0.4, -0.2) is 27.0 Å². The fourth-order valence-electron chi connectivity index (χ4n) is 4.39. The summed E-state index contributed by atoms with van der Waals surface area (Å²) in [6.45, 7) is 2.43. The summed E-state index contributed by atoms with van der Waals surface area (Å²) >= 11 is 5.46. The first-order valence-corrected chi connectivity index (χ1v) is 13.8. The normalized spacial score (nSPS) is 11.8. The third-order valence-electron chi connectivity index (χ3n) is 6.33. The standard InChI is InChI=1S/C29H29O2PS/c1-30-25-18-14-23(15-19-25)29(33,24-16-20-26(31-2)21-17-24)22-32(3,27-10-6-4-7-11-27)28-12-8-5-9-13-28/h4-21H,22H2,1-3H3/p+1. The van der Waals surface area contributed by atoms with E-state index < -0.39 is 12.0 Å². The lowest BCUT2D eigenvalue weighted by Gasteiger charge is -2.35. The lowest BCUT2D eigenvalue weighted by atomic mass is 9.91. The first kappa shape index (κ1) is 23.4. The van der Waals surface area contributed by atoms with E-state index in [4.69, 9.17) is 22.1 Å². The van der Waals surface area contributed by atoms with Gasteiger partial charge in [-0.3, -0.25) is 0 Å². The highest BCUT2D eigenvalue weighted by Crippen LogP contribution is 2.59. The number of thiol groups is 1. The lowest BCUT2D eigenvalue weighted by Crippen LogP contribution is -2.34. The Balaban J connectivity index is 1.89. The van der Waals surface area contributed by atoms with Gasteiger partial charge in [0.1, 0.15) is 11.5 Å². The lowest BCUT2D eigenvalue weighted by molar-refractivity contribution is 0.414. The second-order valence-corrected chi connectivity index (χ2v) is 12.8. The molecule has 0 aliphatic heterocycles. The molecule has 0 saturated heterocycles. The minimum Gasteiger partial charge on any atom is -0.497 e. The maximum Gasteiger partial charge on any atom is 0.118 e. The van der Waals surface area contributed by atoms with Crippen molar-refractivity contribution in [3.05, 3.63) is 120 Å². The quantitative estimate of drug-likeness (QED) is 0.244. The number of ether oxygens (including phenoxy) is 2. The van der Waals surface area contributed by atoms with Crippen molar-refractivity contribution in [1.29, 1.82) is 0 Å². The van der Waals surface area contributed by atoms with Gasteiger partial charge in [-0.2, -0.15) is 12.6 Å². The molecule has 0 spiro atoms. The van der Waals surface area contributed by atoms with Crippen LogP contribution in [0.4, 0.5) is 0 Å². The molecule has 0 amide bonds. The van der Waals surface area contributed by atoms with Crippen LogP contribution in [0.15, 0.2) is 109 Å². The minimum absolute atomic E-state index is 0.507. The summed E-state index contributed by atoms with van der Waals surface area (Å²) < 4.78 is 10.3. The number of benzene rings is 4. The molecule has 4 rings (SSSR count). The Labute approximate surface area is 203 Å². The Hall–Kier alpha value is -2.74. The van der Waals surface area contributed by atoms with Gasteiger partial charge in [0.05, 0.1) is 49.7 Å². The van der Waals surface area contributed by atoms with Crippen LogP contribution in [-0.2, 0) is 4.75 Å². The molecule has 0 radical (unpaired) electrons. The van der Waals surface area contributed by atoms with Crippen molar-refractivity contribution in [1.82, 2.24) is 0 Å². The first-order valence-electron chi connectivity index (χ1n) is 11.0. The number of methoxy groups -OCH3 is 2. The fraction of sp³-hybridized carbons (Fsp3) is 0.172. The molecule has 0 aromatic heterocycles. The van der Waals surface area contributed by atoms with Gasteiger partial charge < -0.3 is 9.47 Å². The molecule has 0 saturated carbocycles. The monoisotopic (exact) mass is 473 g/mol. The molecule has 4 aromatic carbocycles. The van der Waals surface area contributed by atoms with Gasteiger partial charge in [0.2, 0.25) is 0 Å². The molecule has 0 aliphatic rings. The van der Waals surface area contributed by atoms with Crippen LogP contribution in [0.3, 0.4) is 0 Å². The van der Waals surface area contributed by atoms with Gasteiger partial charge in [-0.25, -0.2) is 0 Å². The SMILES string of the molecule is COc1ccc(C(S)(C[P+](C)(c2ccccc2)c2ccccc2)c2ccc(OC)cc2)cc1. The van der Waals surface area contributed by atoms with Gasteiger partial charge in [0.15, 0.2) is 0 Å². The van der Waals surface area contributed by atoms with Crippen molar-refractivity contribution in [2.45, 2.75) is 4.75 Å². The average Bonchev–Trinajstić information content (AvgIpc) is 2.89. The molecular formula is C29H30O2PS+. The van der Waals surface area contributed by atoms with Crippen molar-refractivity contribution in [3.63, 3.8) is 0 Å². The van der Waals surface area contributed by atoms with E-state index in [2.05, 4.69) is 91.6 Å². The smallest absolute Gasteiger partial charge is 0.118 e. The molecule has 0 atom stereocenters. The molecule has 0 fully saturated rings. The van der Waals surface area contributed by atoms with Crippen LogP contribution >= 0.6 is 19.9 Å². The van der Waals surface area contributed by atoms with Gasteiger partial charge in [0, 0.05) is 0 Å². The van der Waals surface area contributed by atoms with E-state index in [1.807, 2.05) is 24.3 Å². The summed E-state index contributed by atoms with van der Waals surface area (Å²) in [7, 11) is 1.59. The van der Waals surface area contributed by atoms with Crippen LogP contribution in [0.1, 0.15) is 11.1 Å². The van der Waals surface area contributed by atoms with Gasteiger partial charge in [-0.05, 0) is 59.7 Å². The summed E-state index contributed by atoms with van der Waals surface area (Å²) in [6.07, 6.45) is 0.871. The molecule has 168 valence electrons. The minimum atomic E-state index is -1.80. The first-order chi connectivity index (χ1) is 16.0. The third-order valence-corrected chi connectivity index (χ3v) is 11.2. The van der Waals surface area contributed by atoms with Crippen LogP contribution in [0.5, 0.6) is 11.5 Å². The summed E-state index contributed by atoms with van der Waals surface area (Å²) in [4.78, 5) is 0. The van der Waals surface area contributed by atoms with Crippen LogP contribution in [0.2, 0.25) is 0 Å². The summed E-state index contributed by atoms with van der Waals surface area (Å²) in [5.41, 5.74) is 2.30. The average molecular weight is 474 g/mol. The van der Waals surface area contributed by atoms with Crippen LogP contribution in [0, 0.1) is 0 Å². The molecule has 33 heavy (non-hydrogen) atoms. The molecule has 4 heteroatoms. The highest BCUT2D eigenvalue weighted by molar-refractivity contribution is 7.90. The Morgan fingerprint density at radius 3 is 1.30 bits per heavy atom. The van der Waals surface area contributed by atoms with Crippen molar-refractivity contribution in [2.24, 2.45) is 0 Å². The molecular weight excluding hydrogens is 443 g/mol. The Morgan fingerprint density at radius 1 is 0.606 bits per heavy atom. The fourth-order valence-corrected chi connectivity index (χ4v) is 9.14. The highest BCUT2D eigenvalue weighted by Gasteiger charge is 2.47. The predicted molar refractivity (Wildman–Crippen MR) is 146 cm³/mol. The Morgan fingerprint density at radius 2 is 0.970 bits per heavy atom. The molecule has 4 aromatic rings. The highest BCUT2D eigenvalue weighted by atomic mass is 32.1. The molecule has 0 aliphatic carbocycles. The van der Waals surface area contributed by atoms with Crippen LogP contribution < -0.4 is 20.1 Å². The van der Waals surface area contributed by atoms with E-state index >= 15 is 0 Å². The van der Waals surface area contributed by atoms with Crippen molar-refractivity contribution < 1.29 is 9.47 Å². The van der Waals surface area contributed by atoms with Crippen molar-refractivity contribution in [3.8, 4) is 11.5 Å². The molecule has 0 bridgehead atoms. The second kappa shape index (κ2) is 10.0. The maximum absolute atomic E-state index is 5.46. The van der Waals surface area contributed by atoms with E-state index in [9.17, 15) is 0 Å². The largest absolute Gasteiger partial charge is 0.497 e. The summed E-state index contributed by atoms with van der Waals surface area (Å²) in [6, 6.07) is 38.4. The second-order valence-electron chi connectivity index (χ2n) is 8.34. The van der Waals surface area contributed by atoms with E-state index in [-0.39, 0.29) is 0 Å². The number of hydrogen-bond donors (Lipinski definition) is 1. The molecule has 2 nitrogen and oxygen atoms in total. The zero-order valence-electron chi connectivity index (χ0n) is 19.3. The zero-order chi connectivity index (χ0) is 23.3. The predicted octanol–water partition coefficient (Wildman–Crippen LogP) is 6.18. The van der Waals surface area contributed by atoms with Crippen LogP contribution in [0.25, 0.3) is 0 Å². The van der Waals surface area contributed by atoms with Gasteiger partial charge in [0.25, 0.3) is 0 Å². The zero-order valence-corrected chi connectivity index (χ0v) is 21.1. The number of hydrogen-bond acceptors (Lipinski definition) is 3. The summed E-state index contributed by atoms with van der Waals surface area (Å²) in [5, 5.41) is 2.74. The van der Waals surface area contributed by atoms with Crippen molar-refractivity contribution in [2.75, 3.05) is 27.0 Å². The van der Waals surface area contributed by atoms with Gasteiger partial charge in [-0.15, -0.1) is 0 Å². The van der Waals surface area contributed by atoms with E-state index in [0.29, 0.717) is 0 Å². The molecule has 0 unspecified atom stereocenters. The topological polar surface area (TPSA) is 18.5 Å². The summed E-state index contributed by atoms with van der Waals surface area (Å²) in [5.74, 6) is 1.68. The molecule has 0 heterocycles. The molecule has 0 N–H and O–H groups in total. The van der Waals surface area contributed by atoms with Gasteiger partial charge >= 0.3 is 0 Å². The van der Waals surface area contributed by atoms with Gasteiger partial charge in [-0.1, -0.05) is 60.7 Å². The van der Waals surface area contributed by atoms with E-state index in [0.717, 1.165) is 28.8 Å². The Kier molecular flexibility index (Phi) is 7.12. The third kappa shape index (κ3) is 4.81. The van der Waals surface area contributed by atoms with E-state index in [1.165, 1.54) is 10.6 Å². The Bertz CT molecular complexity index is 1070. The number of rotatable bonds is 8.